The fourth-order valence-corrected chi connectivity index (χ4v) is 21.3. The Morgan fingerprint density at radius 2 is 0.575 bits per heavy atom. The highest BCUT2D eigenvalue weighted by molar-refractivity contribution is 14.1. The molecule has 38 nitrogen and oxygen atoms in total. The SMILES string of the molecule is C=C1NC(=O)C(/C=C/CN)=CN1[C@@H]1O[C@H](CCP(=C)(C)C)[C@@H](O)[C@H]1O.C=C1NC(=O)C(C)=CN1[C@@H]1O[C@H](CCP(=C)(C)C)[C@@H](O)[C@H]1O.C=C1NC(=O)C(C)=CN1[C@@H]1O[C@H](CCP(=C)(C)C)[C@@H](O)[C@H]1O.C=C1NC(=O)C(I)=CN1[C@@H]1O[C@H](CCP(=C)(C)C)[C@@H](O)[C@H]1O.C=C1NC(=O)C(O)=CN1[C@@H]1O[C@H](CCP(=C)(C)C)[C@@H](O)[C@H]1O.C=C1NC(=O)C=CN1[C@@H]1O[C@H](CCP(=C)(C)C)[C@@H](O)[C@H]1O. The van der Waals surface area contributed by atoms with Crippen LogP contribution in [0.4, 0.5) is 0 Å². The molecule has 0 aliphatic carbocycles. The molecule has 12 aliphatic rings. The molecule has 0 aromatic heterocycles. The van der Waals surface area contributed by atoms with Crippen LogP contribution >= 0.6 is 63.9 Å². The first kappa shape index (κ1) is 115. The van der Waals surface area contributed by atoms with Crippen LogP contribution in [-0.2, 0) is 57.2 Å². The van der Waals surface area contributed by atoms with Crippen molar-refractivity contribution < 1.29 is 124 Å². The van der Waals surface area contributed by atoms with Crippen molar-refractivity contribution in [3.63, 3.8) is 0 Å². The molecule has 0 unspecified atom stereocenters. The van der Waals surface area contributed by atoms with Crippen LogP contribution in [-0.4, -0.2) is 440 Å². The van der Waals surface area contributed by atoms with Crippen molar-refractivity contribution in [2.75, 3.05) is 123 Å². The fraction of sp³-hybridized carbons (Fsp3) is 0.573. The van der Waals surface area contributed by atoms with E-state index in [0.717, 1.165) is 43.2 Å². The van der Waals surface area contributed by atoms with Gasteiger partial charge in [0.2, 0.25) is 0 Å². The van der Waals surface area contributed by atoms with Crippen LogP contribution in [0.1, 0.15) is 52.4 Å². The Morgan fingerprint density at radius 1 is 0.343 bits per heavy atom. The van der Waals surface area contributed by atoms with Crippen molar-refractivity contribution in [1.29, 1.82) is 0 Å². The molecule has 0 aromatic carbocycles. The minimum atomic E-state index is -1.26. The highest BCUT2D eigenvalue weighted by Gasteiger charge is 2.53. The van der Waals surface area contributed by atoms with E-state index in [9.17, 15) is 95.2 Å². The van der Waals surface area contributed by atoms with Crippen LogP contribution in [0.25, 0.3) is 0 Å². The van der Waals surface area contributed by atoms with E-state index in [1.807, 2.05) is 22.6 Å². The van der Waals surface area contributed by atoms with Crippen molar-refractivity contribution >= 4 is 137 Å². The minimum absolute atomic E-state index is 0.171. The maximum atomic E-state index is 12.0. The molecule has 6 amide bonds. The Morgan fingerprint density at radius 3 is 0.843 bits per heavy atom. The van der Waals surface area contributed by atoms with Gasteiger partial charge < -0.3 is 162 Å². The molecule has 21 N–H and O–H groups in total. The monoisotopic (exact) mass is 2110 g/mol. The second-order valence-electron chi connectivity index (χ2n) is 39.0. The summed E-state index contributed by atoms with van der Waals surface area (Å²) >= 11 is 1.90. The number of nitrogens with zero attached hydrogens (tertiary/aromatic N) is 6. The number of hydrogen-bond acceptors (Lipinski definition) is 32. The minimum Gasteiger partial charge on any atom is -0.502 e. The molecular weight excluding hydrogens is 1960 g/mol. The average molecular weight is 2110 g/mol. The number of nitrogens with one attached hydrogen (secondary N) is 6. The number of aliphatic hydroxyl groups is 13. The number of carbonyl (C=O) groups is 6. The summed E-state index contributed by atoms with van der Waals surface area (Å²) < 4.78 is 35.4. The lowest BCUT2D eigenvalue weighted by Crippen LogP contribution is -2.47. The van der Waals surface area contributed by atoms with Crippen molar-refractivity contribution in [2.45, 2.75) is 200 Å². The first-order chi connectivity index (χ1) is 61.7. The number of nitrogens with two attached hydrogens (primary N) is 1. The van der Waals surface area contributed by atoms with E-state index in [-0.39, 0.29) is 41.2 Å². The number of amides is 6. The van der Waals surface area contributed by atoms with Gasteiger partial charge in [0.1, 0.15) is 108 Å². The molecule has 24 atom stereocenters. The molecule has 12 heterocycles. The van der Waals surface area contributed by atoms with E-state index in [2.05, 4.69) is 189 Å². The largest absolute Gasteiger partial charge is 0.502 e. The van der Waals surface area contributed by atoms with Crippen molar-refractivity contribution in [2.24, 2.45) is 5.73 Å². The normalized spacial score (nSPS) is 32.6. The second-order valence-corrected chi connectivity index (χ2v) is 66.1. The Labute approximate surface area is 801 Å². The van der Waals surface area contributed by atoms with E-state index >= 15 is 0 Å². The molecule has 6 fully saturated rings. The van der Waals surface area contributed by atoms with E-state index in [0.29, 0.717) is 88.7 Å². The van der Waals surface area contributed by atoms with Gasteiger partial charge in [-0.3, -0.25) is 28.8 Å². The van der Waals surface area contributed by atoms with Gasteiger partial charge in [-0.2, -0.15) is 0 Å². The molecule has 0 aromatic rings. The van der Waals surface area contributed by atoms with Gasteiger partial charge in [-0.25, -0.2) is 0 Å². The van der Waals surface area contributed by atoms with Crippen LogP contribution < -0.4 is 37.6 Å². The number of ether oxygens (including phenoxy) is 6. The van der Waals surface area contributed by atoms with Crippen molar-refractivity contribution in [1.82, 2.24) is 61.3 Å². The highest BCUT2D eigenvalue weighted by atomic mass is 127. The number of hydrogen-bond donors (Lipinski definition) is 20. The first-order valence-corrected chi connectivity index (χ1v) is 62.9. The van der Waals surface area contributed by atoms with E-state index < -0.39 is 200 Å². The van der Waals surface area contributed by atoms with E-state index in [1.54, 1.807) is 65.5 Å². The number of halogens is 1. The Balaban J connectivity index is 0.000000220. The first-order valence-electron chi connectivity index (χ1n) is 43.5. The second kappa shape index (κ2) is 47.8. The number of aliphatic hydroxyl groups excluding tert-OH is 13. The Kier molecular flexibility index (Phi) is 41.0. The Bertz CT molecular complexity index is 4520. The zero-order valence-corrected chi connectivity index (χ0v) is 86.8. The summed E-state index contributed by atoms with van der Waals surface area (Å²) in [5.74, 6) is -0.684. The number of rotatable bonds is 26. The van der Waals surface area contributed by atoms with Crippen molar-refractivity contribution in [3.05, 3.63) is 156 Å². The van der Waals surface area contributed by atoms with E-state index in [1.165, 1.54) is 27.0 Å². The predicted octanol–water partition coefficient (Wildman–Crippen LogP) is 1.01. The van der Waals surface area contributed by atoms with Gasteiger partial charge in [0.15, 0.2) is 43.1 Å². The summed E-state index contributed by atoms with van der Waals surface area (Å²) in [5, 5.41) is 148. The fourth-order valence-electron chi connectivity index (χ4n) is 15.1. The molecule has 6 saturated heterocycles. The summed E-state index contributed by atoms with van der Waals surface area (Å²) in [4.78, 5) is 78.3. The maximum Gasteiger partial charge on any atom is 0.293 e. The van der Waals surface area contributed by atoms with Gasteiger partial charge in [0, 0.05) is 54.8 Å². The lowest BCUT2D eigenvalue weighted by atomic mass is 10.1. The highest BCUT2D eigenvalue weighted by Crippen LogP contribution is 2.46. The van der Waals surface area contributed by atoms with Crippen LogP contribution in [0.2, 0.25) is 0 Å². The molecule has 134 heavy (non-hydrogen) atoms. The predicted molar refractivity (Wildman–Crippen MR) is 547 cm³/mol. The van der Waals surface area contributed by atoms with Crippen LogP contribution in [0.3, 0.4) is 0 Å². The number of carbonyl (C=O) groups excluding carboxylic acids is 6. The molecule has 12 rings (SSSR count). The molecular formula is C89H146IN13O25P6. The van der Waals surface area contributed by atoms with Gasteiger partial charge in [-0.15, -0.1) is 79.1 Å². The van der Waals surface area contributed by atoms with Crippen LogP contribution in [0.15, 0.2) is 156 Å². The summed E-state index contributed by atoms with van der Waals surface area (Å²) in [6.07, 6.45) is 27.4. The standard InChI is InChI=1S/C17H28N3O4P.2C15H25N2O4P.C14H22IN2O4P.C14H23N2O5P.C14H23N2O4P/c1-11-19-16(23)12(6-5-8-18)10-20(11)17-15(22)14(21)13(24-17)7-9-25(2,3)4;2*1-9-8-17(10(2)16-14(9)20)15-13(19)12(18)11(21-15)6-7-22(3,4)5;1-8-16-13(20)9(15)7-17(8)14-12(19)11(18)10(21-14)5-6-22(2,3)4;1-8-15-13(20)9(17)7-16(8)14-12(19)11(18)10(21-14)5-6-22(2,3)4;1-9-15-11(17)5-7-16(9)14-13(19)12(18)10(20-14)6-8-21(2,3)4/h5-6,10,13-15,17,21-22H,1-2,7-9,18H2,3-4H3,(H,19,23);2*8,11-13,15,18-19H,2-3,6-7H2,1,4-5H3,(H,16,20);7,10-12,14,18-19H,1-2,5-6H2,3-4H3,(H,16,20);7,10-12,14,17-19H,1-2,5-6H2,3-4H3,(H,15,20);5,7,10,12-14,18-19H,1-2,6,8H2,3-4H3,(H,15,17)/b6-5+;;;;;/t13-,14-,15-,17-;2*11-,12-,13-,15-;2*10-,11-,12-,14-;10-,12-,13-,14-/m111111/s1. The summed E-state index contributed by atoms with van der Waals surface area (Å²) in [6, 6.07) is 0. The molecule has 45 heteroatoms. The molecule has 0 saturated carbocycles. The molecule has 0 bridgehead atoms. The lowest BCUT2D eigenvalue weighted by molar-refractivity contribution is -0.122. The van der Waals surface area contributed by atoms with Crippen LogP contribution in [0, 0.1) is 0 Å². The maximum absolute atomic E-state index is 12.0. The van der Waals surface area contributed by atoms with Gasteiger partial charge in [0.05, 0.1) is 52.0 Å². The zero-order chi connectivity index (χ0) is 101. The molecule has 0 spiro atoms. The van der Waals surface area contributed by atoms with Gasteiger partial charge in [-0.05, 0) is 192 Å². The lowest BCUT2D eigenvalue weighted by Gasteiger charge is -2.34. The topological polar surface area (TPSA) is 538 Å². The molecule has 754 valence electrons. The summed E-state index contributed by atoms with van der Waals surface area (Å²) in [7, 11) is 0. The average Bonchev–Trinajstić information content (AvgIpc) is 1.65. The molecule has 0 radical (unpaired) electrons. The van der Waals surface area contributed by atoms with Gasteiger partial charge in [-0.1, -0.05) is 51.6 Å². The third-order valence-electron chi connectivity index (χ3n) is 22.9. The van der Waals surface area contributed by atoms with Gasteiger partial charge >= 0.3 is 0 Å². The van der Waals surface area contributed by atoms with Gasteiger partial charge in [0.25, 0.3) is 35.4 Å². The van der Waals surface area contributed by atoms with Crippen LogP contribution in [0.5, 0.6) is 0 Å². The van der Waals surface area contributed by atoms with E-state index in [4.69, 9.17) is 34.2 Å². The smallest absolute Gasteiger partial charge is 0.293 e. The third kappa shape index (κ3) is 32.2. The quantitative estimate of drug-likeness (QED) is 0.0424. The summed E-state index contributed by atoms with van der Waals surface area (Å²) in [5.41, 5.74) is 6.78. The van der Waals surface area contributed by atoms with Crippen molar-refractivity contribution in [3.8, 4) is 0 Å². The molecule has 12 aliphatic heterocycles. The zero-order valence-electron chi connectivity index (χ0n) is 79.3. The third-order valence-corrected chi connectivity index (χ3v) is 32.5. The Hall–Kier alpha value is -6.19. The summed E-state index contributed by atoms with van der Waals surface area (Å²) in [6.45, 7) is 44.1.